The van der Waals surface area contributed by atoms with Gasteiger partial charge in [0.15, 0.2) is 17.5 Å². The molecule has 0 aromatic heterocycles. The molecule has 0 radical (unpaired) electrons. The minimum absolute atomic E-state index is 0. The Balaban J connectivity index is 0.00000338. The molecule has 1 aromatic carbocycles. The number of aliphatic imine (C=N–C) groups is 1. The van der Waals surface area contributed by atoms with Gasteiger partial charge < -0.3 is 24.8 Å². The third kappa shape index (κ3) is 7.57. The fourth-order valence-electron chi connectivity index (χ4n) is 2.90. The van der Waals surface area contributed by atoms with Gasteiger partial charge in [0.25, 0.3) is 0 Å². The average molecular weight is 477 g/mol. The predicted molar refractivity (Wildman–Crippen MR) is 116 cm³/mol. The van der Waals surface area contributed by atoms with Gasteiger partial charge in [-0.2, -0.15) is 0 Å². The van der Waals surface area contributed by atoms with Crippen LogP contribution in [0.1, 0.15) is 38.2 Å². The van der Waals surface area contributed by atoms with E-state index in [0.717, 1.165) is 49.0 Å². The molecule has 2 rings (SSSR count). The average Bonchev–Trinajstić information content (AvgIpc) is 3.15. The highest BCUT2D eigenvalue weighted by molar-refractivity contribution is 14.0. The van der Waals surface area contributed by atoms with Gasteiger partial charge in [-0.1, -0.05) is 6.07 Å². The summed E-state index contributed by atoms with van der Waals surface area (Å²) in [4.78, 5) is 4.21. The van der Waals surface area contributed by atoms with Crippen molar-refractivity contribution < 1.29 is 14.2 Å². The summed E-state index contributed by atoms with van der Waals surface area (Å²) < 4.78 is 16.9. The number of hydrogen-bond acceptors (Lipinski definition) is 4. The van der Waals surface area contributed by atoms with Crippen LogP contribution in [0.5, 0.6) is 11.5 Å². The Morgan fingerprint density at radius 3 is 2.62 bits per heavy atom. The summed E-state index contributed by atoms with van der Waals surface area (Å²) in [5.74, 6) is 2.37. The van der Waals surface area contributed by atoms with E-state index in [-0.39, 0.29) is 24.0 Å². The first-order valence-corrected chi connectivity index (χ1v) is 9.12. The second-order valence-corrected chi connectivity index (χ2v) is 6.06. The Morgan fingerprint density at radius 2 is 1.96 bits per heavy atom. The highest BCUT2D eigenvalue weighted by Crippen LogP contribution is 2.32. The smallest absolute Gasteiger partial charge is 0.191 e. The van der Waals surface area contributed by atoms with Crippen molar-refractivity contribution in [2.24, 2.45) is 4.99 Å². The molecule has 0 bridgehead atoms. The zero-order valence-electron chi connectivity index (χ0n) is 16.0. The van der Waals surface area contributed by atoms with Crippen LogP contribution < -0.4 is 20.1 Å². The number of guanidine groups is 1. The fraction of sp³-hybridized carbons (Fsp3) is 0.632. The number of hydrogen-bond donors (Lipinski definition) is 2. The summed E-state index contributed by atoms with van der Waals surface area (Å²) in [5, 5.41) is 6.51. The highest BCUT2D eigenvalue weighted by atomic mass is 127. The monoisotopic (exact) mass is 477 g/mol. The Kier molecular flexibility index (Phi) is 11.4. The molecule has 0 saturated heterocycles. The van der Waals surface area contributed by atoms with Crippen molar-refractivity contribution in [1.82, 2.24) is 10.6 Å². The van der Waals surface area contributed by atoms with E-state index in [1.807, 2.05) is 19.1 Å². The highest BCUT2D eigenvalue weighted by Gasteiger charge is 2.18. The lowest BCUT2D eigenvalue weighted by atomic mass is 10.2. The van der Waals surface area contributed by atoms with Gasteiger partial charge in [-0.15, -0.1) is 24.0 Å². The predicted octanol–water partition coefficient (Wildman–Crippen LogP) is 3.34. The minimum atomic E-state index is 0. The van der Waals surface area contributed by atoms with Crippen molar-refractivity contribution >= 4 is 29.9 Å². The van der Waals surface area contributed by atoms with Gasteiger partial charge in [0.1, 0.15) is 0 Å². The molecule has 0 amide bonds. The number of nitrogens with one attached hydrogen (secondary N) is 2. The Labute approximate surface area is 174 Å². The number of methoxy groups -OCH3 is 1. The van der Waals surface area contributed by atoms with E-state index in [2.05, 4.69) is 21.7 Å². The molecule has 1 fully saturated rings. The van der Waals surface area contributed by atoms with Gasteiger partial charge in [0.05, 0.1) is 19.8 Å². The Hall–Kier alpha value is -1.22. The zero-order valence-corrected chi connectivity index (χ0v) is 18.4. The van der Waals surface area contributed by atoms with Crippen LogP contribution in [-0.4, -0.2) is 46.0 Å². The second kappa shape index (κ2) is 13.0. The van der Waals surface area contributed by atoms with Crippen molar-refractivity contribution in [3.05, 3.63) is 23.8 Å². The first kappa shape index (κ1) is 22.8. The van der Waals surface area contributed by atoms with E-state index in [1.165, 1.54) is 12.8 Å². The van der Waals surface area contributed by atoms with Crippen LogP contribution in [0.25, 0.3) is 0 Å². The normalized spacial score (nSPS) is 14.7. The van der Waals surface area contributed by atoms with E-state index in [1.54, 1.807) is 14.2 Å². The van der Waals surface area contributed by atoms with Crippen molar-refractivity contribution in [2.75, 3.05) is 33.9 Å². The van der Waals surface area contributed by atoms with Crippen molar-refractivity contribution in [1.29, 1.82) is 0 Å². The van der Waals surface area contributed by atoms with E-state index < -0.39 is 0 Å². The molecule has 0 unspecified atom stereocenters. The number of rotatable bonds is 9. The summed E-state index contributed by atoms with van der Waals surface area (Å²) in [6, 6.07) is 6.08. The fourth-order valence-corrected chi connectivity index (χ4v) is 2.90. The summed E-state index contributed by atoms with van der Waals surface area (Å²) in [7, 11) is 3.44. The molecule has 6 nitrogen and oxygen atoms in total. The van der Waals surface area contributed by atoms with Gasteiger partial charge in [-0.3, -0.25) is 4.99 Å². The molecular weight excluding hydrogens is 445 g/mol. The number of halogens is 1. The van der Waals surface area contributed by atoms with Gasteiger partial charge in [-0.05, 0) is 50.3 Å². The zero-order chi connectivity index (χ0) is 17.9. The molecule has 1 saturated carbocycles. The molecule has 0 spiro atoms. The lowest BCUT2D eigenvalue weighted by Gasteiger charge is -2.17. The van der Waals surface area contributed by atoms with Crippen LogP contribution in [0.15, 0.2) is 23.2 Å². The van der Waals surface area contributed by atoms with Crippen LogP contribution in [0.3, 0.4) is 0 Å². The molecule has 0 heterocycles. The quantitative estimate of drug-likeness (QED) is 0.247. The number of benzene rings is 1. The molecule has 26 heavy (non-hydrogen) atoms. The van der Waals surface area contributed by atoms with E-state index >= 15 is 0 Å². The molecular formula is C19H32IN3O3. The van der Waals surface area contributed by atoms with Crippen LogP contribution in [-0.2, 0) is 11.3 Å². The molecule has 2 N–H and O–H groups in total. The van der Waals surface area contributed by atoms with Gasteiger partial charge in [-0.25, -0.2) is 0 Å². The van der Waals surface area contributed by atoms with Gasteiger partial charge in [0, 0.05) is 26.7 Å². The van der Waals surface area contributed by atoms with Crippen LogP contribution in [0.4, 0.5) is 0 Å². The lowest BCUT2D eigenvalue weighted by molar-refractivity contribution is 0.152. The topological polar surface area (TPSA) is 64.1 Å². The third-order valence-electron chi connectivity index (χ3n) is 4.25. The first-order valence-electron chi connectivity index (χ1n) is 9.12. The van der Waals surface area contributed by atoms with E-state index in [9.17, 15) is 0 Å². The summed E-state index contributed by atoms with van der Waals surface area (Å²) in [5.41, 5.74) is 1.11. The molecule has 148 valence electrons. The molecule has 1 aromatic rings. The van der Waals surface area contributed by atoms with Gasteiger partial charge in [0.2, 0.25) is 0 Å². The first-order chi connectivity index (χ1) is 12.3. The summed E-state index contributed by atoms with van der Waals surface area (Å²) in [6.45, 7) is 4.76. The van der Waals surface area contributed by atoms with Crippen molar-refractivity contribution in [2.45, 2.75) is 45.3 Å². The van der Waals surface area contributed by atoms with Crippen molar-refractivity contribution in [3.8, 4) is 11.5 Å². The van der Waals surface area contributed by atoms with Crippen LogP contribution in [0.2, 0.25) is 0 Å². The Morgan fingerprint density at radius 1 is 1.19 bits per heavy atom. The van der Waals surface area contributed by atoms with E-state index in [0.29, 0.717) is 19.3 Å². The molecule has 1 aliphatic carbocycles. The largest absolute Gasteiger partial charge is 0.493 e. The minimum Gasteiger partial charge on any atom is -0.493 e. The summed E-state index contributed by atoms with van der Waals surface area (Å²) >= 11 is 0. The van der Waals surface area contributed by atoms with E-state index in [4.69, 9.17) is 14.2 Å². The number of nitrogens with zero attached hydrogens (tertiary/aromatic N) is 1. The molecule has 0 aliphatic heterocycles. The molecule has 1 aliphatic rings. The van der Waals surface area contributed by atoms with Crippen LogP contribution in [0, 0.1) is 0 Å². The molecule has 7 heteroatoms. The molecule has 0 atom stereocenters. The number of ether oxygens (including phenoxy) is 3. The maximum Gasteiger partial charge on any atom is 0.191 e. The standard InChI is InChI=1S/C19H31N3O3.HI/c1-4-24-12-11-21-19(20-2)22-14-15-9-10-17(18(13-15)23-3)25-16-7-5-6-8-16;/h9-10,13,16H,4-8,11-12,14H2,1-3H3,(H2,20,21,22);1H. The van der Waals surface area contributed by atoms with Crippen molar-refractivity contribution in [3.63, 3.8) is 0 Å². The maximum absolute atomic E-state index is 6.08. The second-order valence-electron chi connectivity index (χ2n) is 6.06. The third-order valence-corrected chi connectivity index (χ3v) is 4.25. The SMILES string of the molecule is CCOCCNC(=NC)NCc1ccc(OC2CCCC2)c(OC)c1.I. The van der Waals surface area contributed by atoms with Crippen LogP contribution >= 0.6 is 24.0 Å². The Bertz CT molecular complexity index is 549. The lowest BCUT2D eigenvalue weighted by Crippen LogP contribution is -2.38. The summed E-state index contributed by atoms with van der Waals surface area (Å²) in [6.07, 6.45) is 5.10. The maximum atomic E-state index is 6.08. The van der Waals surface area contributed by atoms with Gasteiger partial charge >= 0.3 is 0 Å².